The van der Waals surface area contributed by atoms with E-state index in [9.17, 15) is 4.79 Å². The van der Waals surface area contributed by atoms with Gasteiger partial charge in [0.05, 0.1) is 12.1 Å². The predicted octanol–water partition coefficient (Wildman–Crippen LogP) is 6.73. The van der Waals surface area contributed by atoms with Crippen molar-refractivity contribution in [2.24, 2.45) is 0 Å². The summed E-state index contributed by atoms with van der Waals surface area (Å²) in [6, 6.07) is 25.9. The van der Waals surface area contributed by atoms with Crippen LogP contribution >= 0.6 is 27.3 Å². The van der Waals surface area contributed by atoms with E-state index >= 15 is 0 Å². The maximum absolute atomic E-state index is 12.3. The summed E-state index contributed by atoms with van der Waals surface area (Å²) in [5.74, 6) is -0.0312. The molecule has 3 nitrogen and oxygen atoms in total. The van der Waals surface area contributed by atoms with E-state index in [2.05, 4.69) is 40.3 Å². The van der Waals surface area contributed by atoms with Crippen molar-refractivity contribution in [1.29, 1.82) is 0 Å². The number of carbonyl (C=O) groups excluding carboxylic acids is 1. The molecule has 1 heterocycles. The van der Waals surface area contributed by atoms with Crippen molar-refractivity contribution in [1.82, 2.24) is 4.98 Å². The summed E-state index contributed by atoms with van der Waals surface area (Å²) in [7, 11) is 0. The quantitative estimate of drug-likeness (QED) is 0.357. The molecule has 0 aliphatic heterocycles. The zero-order chi connectivity index (χ0) is 20.2. The first kappa shape index (κ1) is 19.6. The van der Waals surface area contributed by atoms with Crippen molar-refractivity contribution in [3.8, 4) is 21.8 Å². The largest absolute Gasteiger partial charge is 0.326 e. The summed E-state index contributed by atoms with van der Waals surface area (Å²) < 4.78 is 1.00. The Labute approximate surface area is 182 Å². The van der Waals surface area contributed by atoms with E-state index in [-0.39, 0.29) is 5.91 Å². The average molecular weight is 463 g/mol. The topological polar surface area (TPSA) is 42.0 Å². The molecule has 0 unspecified atom stereocenters. The lowest BCUT2D eigenvalue weighted by Crippen LogP contribution is -2.14. The van der Waals surface area contributed by atoms with Crippen LogP contribution in [0.3, 0.4) is 0 Å². The third-order valence-electron chi connectivity index (χ3n) is 4.54. The summed E-state index contributed by atoms with van der Waals surface area (Å²) in [5, 5.41) is 3.98. The van der Waals surface area contributed by atoms with Gasteiger partial charge in [0.25, 0.3) is 0 Å². The highest BCUT2D eigenvalue weighted by Crippen LogP contribution is 2.33. The molecule has 1 aromatic heterocycles. The summed E-state index contributed by atoms with van der Waals surface area (Å²) >= 11 is 5.10. The first-order valence-electron chi connectivity index (χ1n) is 9.26. The normalized spacial score (nSPS) is 10.7. The summed E-state index contributed by atoms with van der Waals surface area (Å²) in [5.41, 5.74) is 4.93. The number of aryl methyl sites for hydroxylation is 1. The van der Waals surface area contributed by atoms with Crippen LogP contribution in [-0.4, -0.2) is 10.9 Å². The van der Waals surface area contributed by atoms with Crippen LogP contribution in [0.1, 0.15) is 10.4 Å². The lowest BCUT2D eigenvalue weighted by Gasteiger charge is -2.07. The molecule has 4 aromatic rings. The van der Waals surface area contributed by atoms with E-state index in [1.807, 2.05) is 66.7 Å². The smallest absolute Gasteiger partial charge is 0.228 e. The Hall–Kier alpha value is -2.76. The number of rotatable bonds is 5. The number of nitrogens with one attached hydrogen (secondary N) is 1. The number of halogens is 1. The second-order valence-electron chi connectivity index (χ2n) is 6.72. The number of anilines is 1. The van der Waals surface area contributed by atoms with E-state index in [1.165, 1.54) is 4.88 Å². The van der Waals surface area contributed by atoms with Gasteiger partial charge in [0, 0.05) is 26.2 Å². The Kier molecular flexibility index (Phi) is 5.88. The van der Waals surface area contributed by atoms with Gasteiger partial charge in [-0.15, -0.1) is 11.3 Å². The molecule has 1 N–H and O–H groups in total. The first-order chi connectivity index (χ1) is 14.1. The molecule has 4 rings (SSSR count). The molecule has 0 aliphatic carbocycles. The van der Waals surface area contributed by atoms with Gasteiger partial charge in [-0.2, -0.15) is 0 Å². The standard InChI is InChI=1S/C24H19BrN2OS/c1-16-23(27-24(29-16)19-5-3-2-4-6-19)18-9-13-21(14-10-18)26-22(28)15-17-7-11-20(25)12-8-17/h2-14H,15H2,1H3,(H,26,28). The van der Waals surface area contributed by atoms with Crippen molar-refractivity contribution < 1.29 is 4.79 Å². The zero-order valence-electron chi connectivity index (χ0n) is 15.9. The van der Waals surface area contributed by atoms with Crippen LogP contribution in [0.15, 0.2) is 83.3 Å². The predicted molar refractivity (Wildman–Crippen MR) is 124 cm³/mol. The van der Waals surface area contributed by atoms with Crippen LogP contribution < -0.4 is 5.32 Å². The fourth-order valence-electron chi connectivity index (χ4n) is 3.07. The minimum absolute atomic E-state index is 0.0312. The van der Waals surface area contributed by atoms with Crippen molar-refractivity contribution in [3.63, 3.8) is 0 Å². The van der Waals surface area contributed by atoms with Crippen molar-refractivity contribution >= 4 is 38.9 Å². The number of carbonyl (C=O) groups is 1. The third-order valence-corrected chi connectivity index (χ3v) is 6.09. The van der Waals surface area contributed by atoms with E-state index in [4.69, 9.17) is 4.98 Å². The first-order valence-corrected chi connectivity index (χ1v) is 10.9. The van der Waals surface area contributed by atoms with E-state index in [0.29, 0.717) is 6.42 Å². The van der Waals surface area contributed by atoms with Gasteiger partial charge in [0.2, 0.25) is 5.91 Å². The monoisotopic (exact) mass is 462 g/mol. The molecule has 0 saturated heterocycles. The van der Waals surface area contributed by atoms with E-state index in [1.54, 1.807) is 11.3 Å². The molecule has 0 fully saturated rings. The second kappa shape index (κ2) is 8.72. The molecule has 1 amide bonds. The highest BCUT2D eigenvalue weighted by molar-refractivity contribution is 9.10. The highest BCUT2D eigenvalue weighted by atomic mass is 79.9. The number of nitrogens with zero attached hydrogens (tertiary/aromatic N) is 1. The number of amides is 1. The lowest BCUT2D eigenvalue weighted by atomic mass is 10.1. The highest BCUT2D eigenvalue weighted by Gasteiger charge is 2.11. The van der Waals surface area contributed by atoms with E-state index < -0.39 is 0 Å². The van der Waals surface area contributed by atoms with Crippen LogP contribution in [-0.2, 0) is 11.2 Å². The summed E-state index contributed by atoms with van der Waals surface area (Å²) in [4.78, 5) is 18.3. The van der Waals surface area contributed by atoms with Gasteiger partial charge in [-0.1, -0.05) is 70.5 Å². The fraction of sp³-hybridized carbons (Fsp3) is 0.0833. The van der Waals surface area contributed by atoms with Gasteiger partial charge in [-0.05, 0) is 36.8 Å². The maximum atomic E-state index is 12.3. The molecule has 144 valence electrons. The van der Waals surface area contributed by atoms with Gasteiger partial charge < -0.3 is 5.32 Å². The maximum Gasteiger partial charge on any atom is 0.228 e. The van der Waals surface area contributed by atoms with Crippen molar-refractivity contribution in [3.05, 3.63) is 93.8 Å². The van der Waals surface area contributed by atoms with Gasteiger partial charge in [-0.3, -0.25) is 4.79 Å². The molecule has 0 saturated carbocycles. The average Bonchev–Trinajstić information content (AvgIpc) is 3.13. The van der Waals surface area contributed by atoms with Crippen LogP contribution in [0.5, 0.6) is 0 Å². The molecule has 0 aliphatic rings. The number of benzene rings is 3. The van der Waals surface area contributed by atoms with Crippen LogP contribution in [0.25, 0.3) is 21.8 Å². The fourth-order valence-corrected chi connectivity index (χ4v) is 4.28. The molecule has 5 heteroatoms. The molecule has 0 spiro atoms. The van der Waals surface area contributed by atoms with Gasteiger partial charge in [-0.25, -0.2) is 4.98 Å². The third kappa shape index (κ3) is 4.81. The zero-order valence-corrected chi connectivity index (χ0v) is 18.3. The second-order valence-corrected chi connectivity index (χ2v) is 8.84. The molecule has 29 heavy (non-hydrogen) atoms. The van der Waals surface area contributed by atoms with Gasteiger partial charge >= 0.3 is 0 Å². The summed E-state index contributed by atoms with van der Waals surface area (Å²) in [6.07, 6.45) is 0.348. The molecule has 0 atom stereocenters. The Morgan fingerprint density at radius 2 is 1.62 bits per heavy atom. The Morgan fingerprint density at radius 1 is 0.931 bits per heavy atom. The minimum atomic E-state index is -0.0312. The Balaban J connectivity index is 1.46. The number of aromatic nitrogens is 1. The Bertz CT molecular complexity index is 1120. The van der Waals surface area contributed by atoms with Crippen LogP contribution in [0, 0.1) is 6.92 Å². The van der Waals surface area contributed by atoms with Crippen molar-refractivity contribution in [2.45, 2.75) is 13.3 Å². The van der Waals surface area contributed by atoms with Crippen LogP contribution in [0.4, 0.5) is 5.69 Å². The molecule has 0 bridgehead atoms. The number of hydrogen-bond acceptors (Lipinski definition) is 3. The van der Waals surface area contributed by atoms with E-state index in [0.717, 1.165) is 37.6 Å². The molecule has 3 aromatic carbocycles. The van der Waals surface area contributed by atoms with Gasteiger partial charge in [0.1, 0.15) is 5.01 Å². The number of thiazole rings is 1. The number of hydrogen-bond donors (Lipinski definition) is 1. The molecule has 0 radical (unpaired) electrons. The van der Waals surface area contributed by atoms with Crippen LogP contribution in [0.2, 0.25) is 0 Å². The molecular formula is C24H19BrN2OS. The lowest BCUT2D eigenvalue weighted by molar-refractivity contribution is -0.115. The van der Waals surface area contributed by atoms with Gasteiger partial charge in [0.15, 0.2) is 0 Å². The molecular weight excluding hydrogens is 444 g/mol. The SMILES string of the molecule is Cc1sc(-c2ccccc2)nc1-c1ccc(NC(=O)Cc2ccc(Br)cc2)cc1. The minimum Gasteiger partial charge on any atom is -0.326 e. The summed E-state index contributed by atoms with van der Waals surface area (Å²) in [6.45, 7) is 2.09. The van der Waals surface area contributed by atoms with Crippen molar-refractivity contribution in [2.75, 3.05) is 5.32 Å². The Morgan fingerprint density at radius 3 is 2.31 bits per heavy atom.